The van der Waals surface area contributed by atoms with Gasteiger partial charge in [0.05, 0.1) is 0 Å². The second kappa shape index (κ2) is 7.31. The van der Waals surface area contributed by atoms with Gasteiger partial charge in [0.2, 0.25) is 0 Å². The standard InChI is InChI=1S/C17H20O4S/c1-2-3-5-9-14-10-8-13-16(18)17(14)22(19,20)21-15-11-6-4-7-12-15/h4,6-8,10-13,18H,2-3,5,9H2,1H3. The first-order valence-corrected chi connectivity index (χ1v) is 8.76. The predicted octanol–water partition coefficient (Wildman–Crippen LogP) is 3.89. The lowest BCUT2D eigenvalue weighted by molar-refractivity contribution is 0.442. The van der Waals surface area contributed by atoms with E-state index in [9.17, 15) is 13.5 Å². The first kappa shape index (κ1) is 16.4. The molecule has 0 radical (unpaired) electrons. The van der Waals surface area contributed by atoms with Crippen LogP contribution in [0.15, 0.2) is 53.4 Å². The molecule has 0 fully saturated rings. The fourth-order valence-electron chi connectivity index (χ4n) is 2.27. The smallest absolute Gasteiger partial charge is 0.343 e. The van der Waals surface area contributed by atoms with Crippen molar-refractivity contribution >= 4 is 10.1 Å². The van der Waals surface area contributed by atoms with Crippen molar-refractivity contribution in [2.24, 2.45) is 0 Å². The van der Waals surface area contributed by atoms with Crippen LogP contribution >= 0.6 is 0 Å². The molecule has 2 aromatic rings. The predicted molar refractivity (Wildman–Crippen MR) is 85.6 cm³/mol. The zero-order valence-corrected chi connectivity index (χ0v) is 13.3. The lowest BCUT2D eigenvalue weighted by Crippen LogP contribution is -2.12. The minimum Gasteiger partial charge on any atom is -0.506 e. The Bertz CT molecular complexity index is 709. The Labute approximate surface area is 131 Å². The monoisotopic (exact) mass is 320 g/mol. The first-order valence-electron chi connectivity index (χ1n) is 7.35. The summed E-state index contributed by atoms with van der Waals surface area (Å²) in [5.74, 6) is -0.0461. The molecule has 22 heavy (non-hydrogen) atoms. The normalized spacial score (nSPS) is 11.3. The van der Waals surface area contributed by atoms with Crippen molar-refractivity contribution in [3.63, 3.8) is 0 Å². The van der Waals surface area contributed by atoms with E-state index in [1.54, 1.807) is 42.5 Å². The Morgan fingerprint density at radius 2 is 1.73 bits per heavy atom. The number of hydrogen-bond donors (Lipinski definition) is 1. The number of hydrogen-bond acceptors (Lipinski definition) is 4. The van der Waals surface area contributed by atoms with E-state index in [2.05, 4.69) is 6.92 Å². The Morgan fingerprint density at radius 1 is 1.00 bits per heavy atom. The largest absolute Gasteiger partial charge is 0.506 e. The Kier molecular flexibility index (Phi) is 5.44. The van der Waals surface area contributed by atoms with Gasteiger partial charge in [-0.2, -0.15) is 8.42 Å². The maximum atomic E-state index is 12.5. The number of unbranched alkanes of at least 4 members (excludes halogenated alkanes) is 2. The quantitative estimate of drug-likeness (QED) is 0.621. The van der Waals surface area contributed by atoms with Crippen molar-refractivity contribution < 1.29 is 17.7 Å². The maximum absolute atomic E-state index is 12.5. The van der Waals surface area contributed by atoms with Gasteiger partial charge in [0.15, 0.2) is 4.90 Å². The second-order valence-electron chi connectivity index (χ2n) is 5.07. The molecule has 0 aliphatic carbocycles. The fourth-order valence-corrected chi connectivity index (χ4v) is 3.53. The van der Waals surface area contributed by atoms with Crippen LogP contribution in [0.4, 0.5) is 0 Å². The van der Waals surface area contributed by atoms with Crippen LogP contribution in [0.1, 0.15) is 31.7 Å². The number of para-hydroxylation sites is 1. The minimum atomic E-state index is -4.06. The Hall–Kier alpha value is -2.01. The van der Waals surface area contributed by atoms with Crippen LogP contribution in [-0.2, 0) is 16.5 Å². The molecule has 2 aromatic carbocycles. The summed E-state index contributed by atoms with van der Waals surface area (Å²) in [6, 6.07) is 13.0. The molecule has 0 amide bonds. The van der Waals surface area contributed by atoms with E-state index in [0.717, 1.165) is 19.3 Å². The number of phenols is 1. The van der Waals surface area contributed by atoms with Gasteiger partial charge < -0.3 is 9.29 Å². The zero-order chi connectivity index (χ0) is 16.0. The highest BCUT2D eigenvalue weighted by molar-refractivity contribution is 7.87. The molecule has 1 N–H and O–H groups in total. The van der Waals surface area contributed by atoms with E-state index >= 15 is 0 Å². The topological polar surface area (TPSA) is 63.6 Å². The molecule has 0 aliphatic heterocycles. The van der Waals surface area contributed by atoms with Crippen LogP contribution in [0.3, 0.4) is 0 Å². The molecule has 0 unspecified atom stereocenters. The third-order valence-electron chi connectivity index (χ3n) is 3.32. The highest BCUT2D eigenvalue weighted by Crippen LogP contribution is 2.30. The van der Waals surface area contributed by atoms with Crippen LogP contribution in [0.5, 0.6) is 11.5 Å². The van der Waals surface area contributed by atoms with Gasteiger partial charge in [-0.05, 0) is 36.6 Å². The average molecular weight is 320 g/mol. The van der Waals surface area contributed by atoms with Crippen molar-refractivity contribution in [2.75, 3.05) is 0 Å². The van der Waals surface area contributed by atoms with Crippen LogP contribution in [-0.4, -0.2) is 13.5 Å². The van der Waals surface area contributed by atoms with E-state index in [1.165, 1.54) is 6.07 Å². The van der Waals surface area contributed by atoms with Gasteiger partial charge in [-0.25, -0.2) is 0 Å². The number of phenolic OH excluding ortho intramolecular Hbond substituents is 1. The first-order chi connectivity index (χ1) is 10.5. The maximum Gasteiger partial charge on any atom is 0.343 e. The molecule has 0 heterocycles. The van der Waals surface area contributed by atoms with Crippen molar-refractivity contribution in [1.29, 1.82) is 0 Å². The van der Waals surface area contributed by atoms with Gasteiger partial charge in [-0.15, -0.1) is 0 Å². The van der Waals surface area contributed by atoms with Gasteiger partial charge in [0, 0.05) is 0 Å². The van der Waals surface area contributed by atoms with Crippen molar-refractivity contribution in [3.05, 3.63) is 54.1 Å². The molecule has 5 heteroatoms. The van der Waals surface area contributed by atoms with E-state index < -0.39 is 10.1 Å². The van der Waals surface area contributed by atoms with Gasteiger partial charge >= 0.3 is 10.1 Å². The van der Waals surface area contributed by atoms with E-state index in [4.69, 9.17) is 4.18 Å². The van der Waals surface area contributed by atoms with E-state index in [1.807, 2.05) is 0 Å². The molecule has 0 aromatic heterocycles. The minimum absolute atomic E-state index is 0.130. The van der Waals surface area contributed by atoms with Crippen LogP contribution in [0.25, 0.3) is 0 Å². The molecule has 2 rings (SSSR count). The summed E-state index contributed by atoms with van der Waals surface area (Å²) in [6.45, 7) is 2.08. The van der Waals surface area contributed by atoms with Gasteiger partial charge in [0.1, 0.15) is 11.5 Å². The number of rotatable bonds is 7. The molecule has 118 valence electrons. The molecule has 0 saturated carbocycles. The summed E-state index contributed by atoms with van der Waals surface area (Å²) >= 11 is 0. The number of aromatic hydroxyl groups is 1. The molecule has 0 spiro atoms. The molecule has 0 bridgehead atoms. The number of benzene rings is 2. The van der Waals surface area contributed by atoms with Crippen LogP contribution < -0.4 is 4.18 Å². The third-order valence-corrected chi connectivity index (χ3v) is 4.71. The molecule has 0 aliphatic rings. The summed E-state index contributed by atoms with van der Waals surface area (Å²) in [6.07, 6.45) is 3.51. The molecule has 0 saturated heterocycles. The number of aryl methyl sites for hydroxylation is 1. The zero-order valence-electron chi connectivity index (χ0n) is 12.5. The summed E-state index contributed by atoms with van der Waals surface area (Å²) in [5, 5.41) is 10.0. The average Bonchev–Trinajstić information content (AvgIpc) is 2.48. The SMILES string of the molecule is CCCCCc1cccc(O)c1S(=O)(=O)Oc1ccccc1. The summed E-state index contributed by atoms with van der Waals surface area (Å²) in [5.41, 5.74) is 0.587. The van der Waals surface area contributed by atoms with Crippen molar-refractivity contribution in [2.45, 2.75) is 37.5 Å². The van der Waals surface area contributed by atoms with E-state index in [-0.39, 0.29) is 16.4 Å². The lowest BCUT2D eigenvalue weighted by Gasteiger charge is -2.12. The fraction of sp³-hybridized carbons (Fsp3) is 0.294. The lowest BCUT2D eigenvalue weighted by atomic mass is 10.1. The highest BCUT2D eigenvalue weighted by Gasteiger charge is 2.24. The van der Waals surface area contributed by atoms with Gasteiger partial charge in [0.25, 0.3) is 0 Å². The van der Waals surface area contributed by atoms with Gasteiger partial charge in [-0.3, -0.25) is 0 Å². The summed E-state index contributed by atoms with van der Waals surface area (Å²) in [4.78, 5) is -0.130. The van der Waals surface area contributed by atoms with Crippen LogP contribution in [0.2, 0.25) is 0 Å². The highest BCUT2D eigenvalue weighted by atomic mass is 32.2. The van der Waals surface area contributed by atoms with E-state index in [0.29, 0.717) is 12.0 Å². The molecular weight excluding hydrogens is 300 g/mol. The Morgan fingerprint density at radius 3 is 2.41 bits per heavy atom. The molecule has 4 nitrogen and oxygen atoms in total. The van der Waals surface area contributed by atoms with Crippen molar-refractivity contribution in [3.8, 4) is 11.5 Å². The van der Waals surface area contributed by atoms with Crippen molar-refractivity contribution in [1.82, 2.24) is 0 Å². The van der Waals surface area contributed by atoms with Crippen LogP contribution in [0, 0.1) is 0 Å². The third kappa shape index (κ3) is 4.01. The summed E-state index contributed by atoms with van der Waals surface area (Å²) in [7, 11) is -4.06. The molecule has 0 atom stereocenters. The van der Waals surface area contributed by atoms with Gasteiger partial charge in [-0.1, -0.05) is 50.1 Å². The molecular formula is C17H20O4S. The second-order valence-corrected chi connectivity index (χ2v) is 6.56. The Balaban J connectivity index is 2.33. The summed E-state index contributed by atoms with van der Waals surface area (Å²) < 4.78 is 30.1.